The lowest BCUT2D eigenvalue weighted by Gasteiger charge is -2.46. The molecule has 4 heteroatoms. The topological polar surface area (TPSA) is 9.72 Å². The van der Waals surface area contributed by atoms with Crippen molar-refractivity contribution in [2.75, 3.05) is 14.7 Å². The molecule has 1 fully saturated rings. The molecule has 2 unspecified atom stereocenters. The predicted molar refractivity (Wildman–Crippen MR) is 292 cm³/mol. The van der Waals surface area contributed by atoms with Gasteiger partial charge < -0.3 is 14.7 Å². The van der Waals surface area contributed by atoms with Gasteiger partial charge in [-0.05, 0) is 157 Å². The van der Waals surface area contributed by atoms with Gasteiger partial charge >= 0.3 is 0 Å². The molecule has 1 saturated carbocycles. The van der Waals surface area contributed by atoms with Gasteiger partial charge in [-0.2, -0.15) is 0 Å². The SMILES string of the molecule is CC(C)(C)c1ccc(N2c3ccc(C(C)(C)C)cc3B3c4ccc(N5c6ccc(C(C)(C)C)cc6C6(C)CCCC56C)cc4N(c4ccc(C(C)(C)C)cc4)c4cc(C(C)(C)C)cc2c43)cc1. The normalized spacial score (nSPS) is 20.1. The van der Waals surface area contributed by atoms with Crippen LogP contribution in [0.5, 0.6) is 0 Å². The summed E-state index contributed by atoms with van der Waals surface area (Å²) in [4.78, 5) is 8.00. The van der Waals surface area contributed by atoms with E-state index in [9.17, 15) is 0 Å². The van der Waals surface area contributed by atoms with Gasteiger partial charge in [0.2, 0.25) is 0 Å². The van der Waals surface area contributed by atoms with E-state index in [-0.39, 0.29) is 44.7 Å². The van der Waals surface area contributed by atoms with E-state index in [1.807, 2.05) is 0 Å². The van der Waals surface area contributed by atoms with Gasteiger partial charge in [-0.1, -0.05) is 172 Å². The van der Waals surface area contributed by atoms with Crippen molar-refractivity contribution in [1.82, 2.24) is 0 Å². The van der Waals surface area contributed by atoms with Gasteiger partial charge in [-0.15, -0.1) is 0 Å². The molecule has 6 aromatic rings. The summed E-state index contributed by atoms with van der Waals surface area (Å²) in [6, 6.07) is 46.4. The Kier molecular flexibility index (Phi) is 9.96. The van der Waals surface area contributed by atoms with Crippen LogP contribution in [0.2, 0.25) is 0 Å². The predicted octanol–water partition coefficient (Wildman–Crippen LogP) is 15.6. The van der Waals surface area contributed by atoms with Crippen LogP contribution < -0.4 is 31.1 Å². The number of hydrogen-bond donors (Lipinski definition) is 0. The molecule has 4 aliphatic rings. The number of anilines is 8. The third-order valence-corrected chi connectivity index (χ3v) is 16.7. The number of fused-ring (bicyclic) bond motifs is 7. The van der Waals surface area contributed by atoms with E-state index in [4.69, 9.17) is 0 Å². The van der Waals surface area contributed by atoms with Crippen molar-refractivity contribution in [3.05, 3.63) is 149 Å². The number of nitrogens with zero attached hydrogens (tertiary/aromatic N) is 3. The zero-order valence-electron chi connectivity index (χ0n) is 44.0. The smallest absolute Gasteiger partial charge is 0.252 e. The molecular weight excluding hydrogens is 810 g/mol. The molecule has 6 aromatic carbocycles. The Morgan fingerprint density at radius 1 is 0.388 bits per heavy atom. The number of hydrogen-bond acceptors (Lipinski definition) is 3. The average Bonchev–Trinajstić information content (AvgIpc) is 3.65. The fourth-order valence-electron chi connectivity index (χ4n) is 12.2. The second-order valence-electron chi connectivity index (χ2n) is 26.4. The molecule has 0 radical (unpaired) electrons. The van der Waals surface area contributed by atoms with E-state index < -0.39 is 0 Å². The third-order valence-electron chi connectivity index (χ3n) is 16.7. The molecule has 0 aromatic heterocycles. The lowest BCUT2D eigenvalue weighted by atomic mass is 9.33. The molecule has 0 bridgehead atoms. The van der Waals surface area contributed by atoms with Gasteiger partial charge in [-0.3, -0.25) is 0 Å². The van der Waals surface area contributed by atoms with E-state index in [2.05, 4.69) is 248 Å². The molecule has 10 rings (SSSR count). The highest BCUT2D eigenvalue weighted by molar-refractivity contribution is 7.00. The van der Waals surface area contributed by atoms with Gasteiger partial charge in [0.25, 0.3) is 6.71 Å². The molecule has 0 amide bonds. The van der Waals surface area contributed by atoms with Crippen molar-refractivity contribution in [1.29, 1.82) is 0 Å². The van der Waals surface area contributed by atoms with Gasteiger partial charge in [0, 0.05) is 50.9 Å². The van der Waals surface area contributed by atoms with Crippen LogP contribution in [0.25, 0.3) is 0 Å². The van der Waals surface area contributed by atoms with Crippen LogP contribution in [-0.4, -0.2) is 12.3 Å². The summed E-state index contributed by atoms with van der Waals surface area (Å²) >= 11 is 0. The van der Waals surface area contributed by atoms with Gasteiger partial charge in [0.1, 0.15) is 0 Å². The highest BCUT2D eigenvalue weighted by Gasteiger charge is 2.60. The van der Waals surface area contributed by atoms with Gasteiger partial charge in [0.15, 0.2) is 0 Å². The highest BCUT2D eigenvalue weighted by Crippen LogP contribution is 2.63. The van der Waals surface area contributed by atoms with E-state index in [1.165, 1.54) is 108 Å². The lowest BCUT2D eigenvalue weighted by Crippen LogP contribution is -2.61. The fraction of sp³-hybridized carbons (Fsp3) is 0.429. The highest BCUT2D eigenvalue weighted by atomic mass is 15.3. The van der Waals surface area contributed by atoms with Crippen molar-refractivity contribution >= 4 is 68.6 Å². The molecule has 0 N–H and O–H groups in total. The van der Waals surface area contributed by atoms with Crippen LogP contribution in [0.4, 0.5) is 45.5 Å². The second-order valence-corrected chi connectivity index (χ2v) is 26.4. The van der Waals surface area contributed by atoms with Crippen LogP contribution in [0.3, 0.4) is 0 Å². The largest absolute Gasteiger partial charge is 0.334 e. The maximum absolute atomic E-state index is 2.77. The number of rotatable bonds is 3. The summed E-state index contributed by atoms with van der Waals surface area (Å²) in [7, 11) is 0. The van der Waals surface area contributed by atoms with E-state index in [0.717, 1.165) is 6.42 Å². The Balaban J connectivity index is 1.28. The van der Waals surface area contributed by atoms with E-state index in [0.29, 0.717) is 0 Å². The summed E-state index contributed by atoms with van der Waals surface area (Å²) in [6.45, 7) is 40.3. The van der Waals surface area contributed by atoms with Crippen molar-refractivity contribution in [2.45, 2.75) is 175 Å². The first kappa shape index (κ1) is 45.6. The van der Waals surface area contributed by atoms with Crippen LogP contribution in [0.1, 0.15) is 170 Å². The first-order chi connectivity index (χ1) is 31.1. The first-order valence-electron chi connectivity index (χ1n) is 25.3. The quantitative estimate of drug-likeness (QED) is 0.164. The van der Waals surface area contributed by atoms with Crippen LogP contribution >= 0.6 is 0 Å². The molecule has 3 aliphatic heterocycles. The second kappa shape index (κ2) is 14.6. The maximum Gasteiger partial charge on any atom is 0.252 e. The summed E-state index contributed by atoms with van der Waals surface area (Å²) < 4.78 is 0. The molecular formula is C63H76BN3. The lowest BCUT2D eigenvalue weighted by molar-refractivity contribution is 0.330. The Labute approximate surface area is 405 Å². The van der Waals surface area contributed by atoms with Crippen molar-refractivity contribution in [3.63, 3.8) is 0 Å². The average molecular weight is 886 g/mol. The summed E-state index contributed by atoms with van der Waals surface area (Å²) in [5, 5.41) is 0. The van der Waals surface area contributed by atoms with Crippen LogP contribution in [-0.2, 0) is 32.5 Å². The third kappa shape index (κ3) is 7.04. The summed E-state index contributed by atoms with van der Waals surface area (Å²) in [5.74, 6) is 0. The molecule has 0 saturated heterocycles. The number of benzene rings is 6. The van der Waals surface area contributed by atoms with Crippen LogP contribution in [0.15, 0.2) is 115 Å². The Morgan fingerprint density at radius 2 is 0.836 bits per heavy atom. The molecule has 2 atom stereocenters. The standard InChI is InChI=1S/C63H76BN3/c1-57(2,3)40-19-25-45(26-20-40)65-52-32-24-43(60(10,11)12)36-50(52)64-49-30-29-47(67-51-31-23-42(59(7,8)9)35-48(51)62(16)33-18-34-63(62,67)17)39-53(49)66(46-27-21-41(22-28-46)58(4,5)6)55-38-44(61(13,14)15)37-54(65)56(55)64/h19-32,35-39H,18,33-34H2,1-17H3. The molecule has 1 aliphatic carbocycles. The molecule has 0 spiro atoms. The Hall–Kier alpha value is -5.22. The first-order valence-corrected chi connectivity index (χ1v) is 25.3. The Bertz CT molecular complexity index is 2940. The van der Waals surface area contributed by atoms with Crippen molar-refractivity contribution in [3.8, 4) is 0 Å². The van der Waals surface area contributed by atoms with Gasteiger partial charge in [-0.25, -0.2) is 0 Å². The molecule has 67 heavy (non-hydrogen) atoms. The summed E-state index contributed by atoms with van der Waals surface area (Å²) in [5.41, 5.74) is 22.6. The van der Waals surface area contributed by atoms with Crippen molar-refractivity contribution < 1.29 is 0 Å². The maximum atomic E-state index is 2.77. The molecule has 3 nitrogen and oxygen atoms in total. The molecule has 3 heterocycles. The monoisotopic (exact) mass is 886 g/mol. The minimum absolute atomic E-state index is 0.0189. The van der Waals surface area contributed by atoms with Crippen LogP contribution in [0, 0.1) is 0 Å². The minimum Gasteiger partial charge on any atom is -0.334 e. The zero-order valence-corrected chi connectivity index (χ0v) is 44.0. The fourth-order valence-corrected chi connectivity index (χ4v) is 12.2. The zero-order chi connectivity index (χ0) is 48.2. The van der Waals surface area contributed by atoms with Crippen molar-refractivity contribution in [2.24, 2.45) is 0 Å². The Morgan fingerprint density at radius 3 is 1.34 bits per heavy atom. The minimum atomic E-state index is -0.101. The van der Waals surface area contributed by atoms with E-state index in [1.54, 1.807) is 0 Å². The summed E-state index contributed by atoms with van der Waals surface area (Å²) in [6.07, 6.45) is 3.60. The van der Waals surface area contributed by atoms with E-state index >= 15 is 0 Å². The van der Waals surface area contributed by atoms with Gasteiger partial charge in [0.05, 0.1) is 5.54 Å². The molecule has 346 valence electrons.